The van der Waals surface area contributed by atoms with Gasteiger partial charge in [-0.1, -0.05) is 24.3 Å². The fourth-order valence-electron chi connectivity index (χ4n) is 1.80. The molecule has 0 bridgehead atoms. The number of nitrogens with one attached hydrogen (secondary N) is 1. The van der Waals surface area contributed by atoms with Crippen LogP contribution in [0.25, 0.3) is 0 Å². The van der Waals surface area contributed by atoms with E-state index in [2.05, 4.69) is 17.9 Å². The second-order valence-electron chi connectivity index (χ2n) is 4.70. The molecule has 110 valence electrons. The van der Waals surface area contributed by atoms with Crippen molar-refractivity contribution in [2.45, 2.75) is 32.1 Å². The van der Waals surface area contributed by atoms with Crippen molar-refractivity contribution in [1.82, 2.24) is 5.32 Å². The van der Waals surface area contributed by atoms with Gasteiger partial charge in [0.1, 0.15) is 0 Å². The zero-order valence-electron chi connectivity index (χ0n) is 11.6. The summed E-state index contributed by atoms with van der Waals surface area (Å²) in [5.74, 6) is 0.0585. The van der Waals surface area contributed by atoms with Gasteiger partial charge in [-0.05, 0) is 36.9 Å². The van der Waals surface area contributed by atoms with Crippen LogP contribution in [-0.2, 0) is 22.4 Å². The van der Waals surface area contributed by atoms with E-state index in [1.165, 1.54) is 0 Å². The predicted molar refractivity (Wildman–Crippen MR) is 83.8 cm³/mol. The molecule has 1 aromatic rings. The van der Waals surface area contributed by atoms with Crippen LogP contribution in [0.2, 0.25) is 0 Å². The standard InChI is InChI=1S/C15H22N2O2S/c16-10-1-11-17-14(18)8-6-12-2-4-13(5-3-12)7-9-15(19)20/h2-5H,1,6-11,16H2,(H,17,18)(H,19,20). The monoisotopic (exact) mass is 294 g/mol. The second kappa shape index (κ2) is 9.55. The molecule has 0 saturated heterocycles. The van der Waals surface area contributed by atoms with Crippen molar-refractivity contribution in [2.24, 2.45) is 5.73 Å². The molecule has 0 atom stereocenters. The Morgan fingerprint density at radius 2 is 1.60 bits per heavy atom. The molecule has 0 saturated carbocycles. The van der Waals surface area contributed by atoms with Gasteiger partial charge in [-0.2, -0.15) is 0 Å². The Morgan fingerprint density at radius 1 is 1.05 bits per heavy atom. The molecule has 0 unspecified atom stereocenters. The van der Waals surface area contributed by atoms with Crippen LogP contribution in [0.3, 0.4) is 0 Å². The first-order chi connectivity index (χ1) is 9.61. The fraction of sp³-hybridized carbons (Fsp3) is 0.467. The number of carbonyl (C=O) groups is 2. The average Bonchev–Trinajstić information content (AvgIpc) is 2.44. The number of carbonyl (C=O) groups excluding carboxylic acids is 2. The van der Waals surface area contributed by atoms with Gasteiger partial charge in [0.2, 0.25) is 5.91 Å². The van der Waals surface area contributed by atoms with Gasteiger partial charge in [0.25, 0.3) is 0 Å². The molecule has 0 spiro atoms. The van der Waals surface area contributed by atoms with Crippen molar-refractivity contribution in [3.8, 4) is 0 Å². The summed E-state index contributed by atoms with van der Waals surface area (Å²) in [5.41, 5.74) is 7.60. The van der Waals surface area contributed by atoms with E-state index in [-0.39, 0.29) is 11.0 Å². The van der Waals surface area contributed by atoms with Crippen molar-refractivity contribution in [1.29, 1.82) is 0 Å². The summed E-state index contributed by atoms with van der Waals surface area (Å²) in [6.07, 6.45) is 3.18. The van der Waals surface area contributed by atoms with Gasteiger partial charge in [-0.15, -0.1) is 12.6 Å². The van der Waals surface area contributed by atoms with E-state index in [0.29, 0.717) is 32.4 Å². The van der Waals surface area contributed by atoms with Crippen LogP contribution in [0.15, 0.2) is 24.3 Å². The lowest BCUT2D eigenvalue weighted by molar-refractivity contribution is -0.121. The number of benzene rings is 1. The van der Waals surface area contributed by atoms with Crippen molar-refractivity contribution in [3.05, 3.63) is 35.4 Å². The maximum absolute atomic E-state index is 11.5. The highest BCUT2D eigenvalue weighted by Gasteiger charge is 2.02. The van der Waals surface area contributed by atoms with E-state index in [0.717, 1.165) is 24.0 Å². The Labute approximate surface area is 125 Å². The van der Waals surface area contributed by atoms with Crippen LogP contribution in [0, 0.1) is 0 Å². The molecule has 0 aromatic heterocycles. The van der Waals surface area contributed by atoms with Crippen molar-refractivity contribution >= 4 is 23.7 Å². The average molecular weight is 294 g/mol. The first-order valence-corrected chi connectivity index (χ1v) is 7.33. The van der Waals surface area contributed by atoms with E-state index in [9.17, 15) is 9.59 Å². The largest absolute Gasteiger partial charge is 0.356 e. The maximum Gasteiger partial charge on any atom is 0.220 e. The topological polar surface area (TPSA) is 72.2 Å². The summed E-state index contributed by atoms with van der Waals surface area (Å²) < 4.78 is 0. The van der Waals surface area contributed by atoms with Crippen LogP contribution < -0.4 is 11.1 Å². The number of aryl methyl sites for hydroxylation is 2. The Balaban J connectivity index is 2.30. The van der Waals surface area contributed by atoms with Crippen LogP contribution in [-0.4, -0.2) is 24.1 Å². The lowest BCUT2D eigenvalue weighted by Crippen LogP contribution is -2.26. The molecule has 0 aliphatic carbocycles. The summed E-state index contributed by atoms with van der Waals surface area (Å²) in [5, 5.41) is 2.74. The van der Waals surface area contributed by atoms with Gasteiger partial charge in [-0.3, -0.25) is 9.59 Å². The molecule has 20 heavy (non-hydrogen) atoms. The third-order valence-electron chi connectivity index (χ3n) is 2.99. The molecule has 0 aliphatic rings. The maximum atomic E-state index is 11.5. The quantitative estimate of drug-likeness (QED) is 0.477. The van der Waals surface area contributed by atoms with Crippen molar-refractivity contribution in [3.63, 3.8) is 0 Å². The van der Waals surface area contributed by atoms with Gasteiger partial charge in [0.05, 0.1) is 0 Å². The van der Waals surface area contributed by atoms with E-state index < -0.39 is 0 Å². The van der Waals surface area contributed by atoms with Gasteiger partial charge in [-0.25, -0.2) is 0 Å². The van der Waals surface area contributed by atoms with E-state index >= 15 is 0 Å². The van der Waals surface area contributed by atoms with E-state index in [4.69, 9.17) is 5.73 Å². The minimum atomic E-state index is -0.0942. The normalized spacial score (nSPS) is 10.3. The fourth-order valence-corrected chi connectivity index (χ4v) is 1.91. The molecule has 0 aliphatic heterocycles. The van der Waals surface area contributed by atoms with E-state index in [1.807, 2.05) is 24.3 Å². The molecule has 0 heterocycles. The third-order valence-corrected chi connectivity index (χ3v) is 3.22. The van der Waals surface area contributed by atoms with Crippen LogP contribution >= 0.6 is 12.6 Å². The lowest BCUT2D eigenvalue weighted by atomic mass is 10.0. The van der Waals surface area contributed by atoms with Crippen LogP contribution in [0.1, 0.15) is 30.4 Å². The van der Waals surface area contributed by atoms with Gasteiger partial charge >= 0.3 is 0 Å². The summed E-state index contributed by atoms with van der Waals surface area (Å²) in [4.78, 5) is 22.3. The first-order valence-electron chi connectivity index (χ1n) is 6.88. The zero-order chi connectivity index (χ0) is 14.8. The number of hydrogen-bond acceptors (Lipinski definition) is 3. The highest BCUT2D eigenvalue weighted by atomic mass is 32.1. The Hall–Kier alpha value is -1.33. The van der Waals surface area contributed by atoms with Gasteiger partial charge in [0, 0.05) is 19.4 Å². The van der Waals surface area contributed by atoms with Crippen LogP contribution in [0.5, 0.6) is 0 Å². The highest BCUT2D eigenvalue weighted by molar-refractivity contribution is 7.96. The SMILES string of the molecule is NCCCNC(=O)CCc1ccc(CCC(=O)S)cc1. The summed E-state index contributed by atoms with van der Waals surface area (Å²) in [6, 6.07) is 8.01. The molecule has 3 N–H and O–H groups in total. The summed E-state index contributed by atoms with van der Waals surface area (Å²) in [6.45, 7) is 1.24. The molecule has 1 aromatic carbocycles. The lowest BCUT2D eigenvalue weighted by Gasteiger charge is -2.05. The Bertz CT molecular complexity index is 432. The summed E-state index contributed by atoms with van der Waals surface area (Å²) >= 11 is 3.75. The molecular formula is C15H22N2O2S. The summed E-state index contributed by atoms with van der Waals surface area (Å²) in [7, 11) is 0. The molecule has 4 nitrogen and oxygen atoms in total. The Morgan fingerprint density at radius 3 is 2.10 bits per heavy atom. The van der Waals surface area contributed by atoms with Gasteiger partial charge < -0.3 is 11.1 Å². The number of thiol groups is 1. The molecule has 1 amide bonds. The van der Waals surface area contributed by atoms with Crippen LogP contribution in [0.4, 0.5) is 0 Å². The van der Waals surface area contributed by atoms with Crippen molar-refractivity contribution in [2.75, 3.05) is 13.1 Å². The van der Waals surface area contributed by atoms with E-state index in [1.54, 1.807) is 0 Å². The minimum Gasteiger partial charge on any atom is -0.356 e. The molecule has 5 heteroatoms. The molecule has 1 rings (SSSR count). The van der Waals surface area contributed by atoms with Crippen molar-refractivity contribution < 1.29 is 9.59 Å². The second-order valence-corrected chi connectivity index (χ2v) is 5.20. The predicted octanol–water partition coefficient (Wildman–Crippen LogP) is 1.47. The Kier molecular flexibility index (Phi) is 7.99. The number of amides is 1. The number of rotatable bonds is 9. The van der Waals surface area contributed by atoms with Gasteiger partial charge in [0.15, 0.2) is 5.12 Å². The third kappa shape index (κ3) is 7.31. The number of hydrogen-bond donors (Lipinski definition) is 3. The molecule has 0 radical (unpaired) electrons. The minimum absolute atomic E-state index is 0.0585. The zero-order valence-corrected chi connectivity index (χ0v) is 12.5. The molecule has 0 fully saturated rings. The first kappa shape index (κ1) is 16.7. The molecular weight excluding hydrogens is 272 g/mol. The smallest absolute Gasteiger partial charge is 0.220 e. The highest BCUT2D eigenvalue weighted by Crippen LogP contribution is 2.09. The number of nitrogens with two attached hydrogens (primary N) is 1.